The molecule has 0 amide bonds. The molecule has 4 nitrogen and oxygen atoms in total. The zero-order valence-electron chi connectivity index (χ0n) is 8.34. The number of pyridine rings is 1. The van der Waals surface area contributed by atoms with Crippen LogP contribution in [0.2, 0.25) is 5.15 Å². The van der Waals surface area contributed by atoms with E-state index in [1.54, 1.807) is 0 Å². The highest BCUT2D eigenvalue weighted by atomic mass is 35.5. The minimum absolute atomic E-state index is 0.000648. The van der Waals surface area contributed by atoms with Crippen LogP contribution in [0, 0.1) is 0 Å². The number of nitrogen functional groups attached to an aromatic ring is 1. The number of ether oxygens (including phenoxy) is 1. The second kappa shape index (κ2) is 5.07. The van der Waals surface area contributed by atoms with E-state index in [-0.39, 0.29) is 22.8 Å². The second-order valence-corrected chi connectivity index (χ2v) is 3.32. The number of rotatable bonds is 3. The Labute approximate surface area is 95.4 Å². The van der Waals surface area contributed by atoms with E-state index < -0.39 is 18.1 Å². The number of esters is 1. The number of aromatic nitrogens is 1. The third kappa shape index (κ3) is 2.79. The molecule has 0 atom stereocenters. The molecule has 1 aromatic heterocycles. The summed E-state index contributed by atoms with van der Waals surface area (Å²) < 4.78 is 29.1. The van der Waals surface area contributed by atoms with Crippen molar-refractivity contribution in [2.24, 2.45) is 0 Å². The smallest absolute Gasteiger partial charge is 0.310 e. The zero-order valence-corrected chi connectivity index (χ0v) is 9.09. The van der Waals surface area contributed by atoms with Crippen LogP contribution in [0.4, 0.5) is 14.5 Å². The number of carbonyl (C=O) groups is 1. The van der Waals surface area contributed by atoms with Gasteiger partial charge in [-0.3, -0.25) is 4.79 Å². The molecule has 88 valence electrons. The third-order valence-corrected chi connectivity index (χ3v) is 2.21. The summed E-state index contributed by atoms with van der Waals surface area (Å²) in [5.41, 5.74) is 5.17. The number of hydrogen-bond donors (Lipinski definition) is 1. The maximum absolute atomic E-state index is 12.3. The normalized spacial score (nSPS) is 10.6. The molecule has 0 aromatic carbocycles. The number of hydrogen-bond acceptors (Lipinski definition) is 4. The Balaban J connectivity index is 3.07. The van der Waals surface area contributed by atoms with E-state index in [0.717, 1.165) is 6.07 Å². The number of carbonyl (C=O) groups excluding carboxylic acids is 1. The highest BCUT2D eigenvalue weighted by Crippen LogP contribution is 2.26. The van der Waals surface area contributed by atoms with E-state index in [1.165, 1.54) is 7.11 Å². The average Bonchev–Trinajstić information content (AvgIpc) is 2.22. The minimum Gasteiger partial charge on any atom is -0.469 e. The summed E-state index contributed by atoms with van der Waals surface area (Å²) in [6.07, 6.45) is -2.95. The van der Waals surface area contributed by atoms with Crippen LogP contribution in [0.1, 0.15) is 17.7 Å². The van der Waals surface area contributed by atoms with Crippen molar-refractivity contribution in [2.45, 2.75) is 12.8 Å². The first-order valence-electron chi connectivity index (χ1n) is 4.25. The molecule has 0 spiro atoms. The van der Waals surface area contributed by atoms with Gasteiger partial charge in [-0.15, -0.1) is 0 Å². The van der Waals surface area contributed by atoms with Crippen LogP contribution < -0.4 is 5.73 Å². The van der Waals surface area contributed by atoms with E-state index in [2.05, 4.69) is 9.72 Å². The highest BCUT2D eigenvalue weighted by Gasteiger charge is 2.17. The molecule has 0 aliphatic rings. The van der Waals surface area contributed by atoms with Crippen molar-refractivity contribution in [2.75, 3.05) is 12.8 Å². The van der Waals surface area contributed by atoms with Gasteiger partial charge in [0.1, 0.15) is 10.8 Å². The molecule has 1 aromatic rings. The van der Waals surface area contributed by atoms with Crippen molar-refractivity contribution in [3.63, 3.8) is 0 Å². The fourth-order valence-electron chi connectivity index (χ4n) is 1.08. The van der Waals surface area contributed by atoms with Crippen LogP contribution in [0.5, 0.6) is 0 Å². The molecule has 2 N–H and O–H groups in total. The number of halogens is 3. The van der Waals surface area contributed by atoms with Crippen molar-refractivity contribution < 1.29 is 18.3 Å². The van der Waals surface area contributed by atoms with Gasteiger partial charge in [0, 0.05) is 11.3 Å². The van der Waals surface area contributed by atoms with Gasteiger partial charge >= 0.3 is 5.97 Å². The first-order valence-corrected chi connectivity index (χ1v) is 4.63. The highest BCUT2D eigenvalue weighted by molar-refractivity contribution is 6.30. The summed E-state index contributed by atoms with van der Waals surface area (Å²) in [6.45, 7) is 0. The van der Waals surface area contributed by atoms with Gasteiger partial charge in [-0.25, -0.2) is 13.8 Å². The van der Waals surface area contributed by atoms with Crippen molar-refractivity contribution >= 4 is 23.3 Å². The maximum atomic E-state index is 12.3. The predicted octanol–water partition coefficient (Wildman–Crippen LogP) is 1.97. The Bertz CT molecular complexity index is 389. The lowest BCUT2D eigenvalue weighted by Gasteiger charge is -2.08. The molecule has 1 rings (SSSR count). The molecular formula is C9H9ClF2N2O2. The van der Waals surface area contributed by atoms with E-state index in [4.69, 9.17) is 17.3 Å². The number of anilines is 1. The summed E-state index contributed by atoms with van der Waals surface area (Å²) >= 11 is 5.65. The predicted molar refractivity (Wildman–Crippen MR) is 54.3 cm³/mol. The lowest BCUT2D eigenvalue weighted by molar-refractivity contribution is -0.139. The fraction of sp³-hybridized carbons (Fsp3) is 0.333. The largest absolute Gasteiger partial charge is 0.469 e. The summed E-state index contributed by atoms with van der Waals surface area (Å²) in [4.78, 5) is 14.4. The standard InChI is InChI=1S/C9H9ClF2N2O2/c1-16-7(15)2-4-5(13)3-6(9(11)12)14-8(4)10/h3,9H,2H2,1H3,(H2,13,14). The quantitative estimate of drug-likeness (QED) is 0.658. The SMILES string of the molecule is COC(=O)Cc1c(N)cc(C(F)F)nc1Cl. The molecule has 0 aliphatic carbocycles. The summed E-state index contributed by atoms with van der Waals surface area (Å²) in [6, 6.07) is 0.995. The van der Waals surface area contributed by atoms with Crippen molar-refractivity contribution in [3.8, 4) is 0 Å². The molecule has 0 bridgehead atoms. The molecule has 1 heterocycles. The molecule has 0 saturated heterocycles. The van der Waals surface area contributed by atoms with E-state index >= 15 is 0 Å². The number of methoxy groups -OCH3 is 1. The molecule has 16 heavy (non-hydrogen) atoms. The Hall–Kier alpha value is -1.43. The van der Waals surface area contributed by atoms with Crippen molar-refractivity contribution in [3.05, 3.63) is 22.5 Å². The van der Waals surface area contributed by atoms with E-state index in [9.17, 15) is 13.6 Å². The number of nitrogens with zero attached hydrogens (tertiary/aromatic N) is 1. The van der Waals surface area contributed by atoms with Gasteiger partial charge < -0.3 is 10.5 Å². The first-order chi connectivity index (χ1) is 7.45. The van der Waals surface area contributed by atoms with Crippen molar-refractivity contribution in [1.82, 2.24) is 4.98 Å². The van der Waals surface area contributed by atoms with Gasteiger partial charge in [-0.2, -0.15) is 0 Å². The third-order valence-electron chi connectivity index (χ3n) is 1.90. The van der Waals surface area contributed by atoms with E-state index in [1.807, 2.05) is 0 Å². The number of alkyl halides is 2. The minimum atomic E-state index is -2.76. The maximum Gasteiger partial charge on any atom is 0.310 e. The molecule has 0 unspecified atom stereocenters. The summed E-state index contributed by atoms with van der Waals surface area (Å²) in [5.74, 6) is -0.569. The Kier molecular flexibility index (Phi) is 4.00. The number of nitrogens with two attached hydrogens (primary N) is 1. The van der Waals surface area contributed by atoms with Gasteiger partial charge in [0.15, 0.2) is 0 Å². The lowest BCUT2D eigenvalue weighted by atomic mass is 10.1. The van der Waals surface area contributed by atoms with Gasteiger partial charge in [0.25, 0.3) is 6.43 Å². The van der Waals surface area contributed by atoms with Gasteiger partial charge in [0.05, 0.1) is 13.5 Å². The van der Waals surface area contributed by atoms with Gasteiger partial charge in [-0.1, -0.05) is 11.6 Å². The molecule has 0 saturated carbocycles. The Morgan fingerprint density at radius 1 is 1.69 bits per heavy atom. The molecule has 7 heteroatoms. The van der Waals surface area contributed by atoms with Crippen LogP contribution >= 0.6 is 11.6 Å². The Morgan fingerprint density at radius 3 is 2.75 bits per heavy atom. The van der Waals surface area contributed by atoms with Crippen LogP contribution in [-0.4, -0.2) is 18.1 Å². The van der Waals surface area contributed by atoms with Crippen LogP contribution in [0.15, 0.2) is 6.07 Å². The van der Waals surface area contributed by atoms with Crippen LogP contribution in [0.25, 0.3) is 0 Å². The molecular weight excluding hydrogens is 242 g/mol. The molecule has 0 aliphatic heterocycles. The lowest BCUT2D eigenvalue weighted by Crippen LogP contribution is -2.09. The first kappa shape index (κ1) is 12.6. The Morgan fingerprint density at radius 2 is 2.31 bits per heavy atom. The van der Waals surface area contributed by atoms with Gasteiger partial charge in [0.2, 0.25) is 0 Å². The monoisotopic (exact) mass is 250 g/mol. The van der Waals surface area contributed by atoms with E-state index in [0.29, 0.717) is 0 Å². The molecule has 0 radical (unpaired) electrons. The topological polar surface area (TPSA) is 65.2 Å². The van der Waals surface area contributed by atoms with Crippen LogP contribution in [0.3, 0.4) is 0 Å². The fourth-order valence-corrected chi connectivity index (χ4v) is 1.36. The zero-order chi connectivity index (χ0) is 12.3. The van der Waals surface area contributed by atoms with Crippen LogP contribution in [-0.2, 0) is 16.0 Å². The van der Waals surface area contributed by atoms with Gasteiger partial charge in [-0.05, 0) is 6.07 Å². The average molecular weight is 251 g/mol. The van der Waals surface area contributed by atoms with Crippen molar-refractivity contribution in [1.29, 1.82) is 0 Å². The second-order valence-electron chi connectivity index (χ2n) is 2.96. The summed E-state index contributed by atoms with van der Waals surface area (Å²) in [7, 11) is 1.20. The molecule has 0 fully saturated rings. The summed E-state index contributed by atoms with van der Waals surface area (Å²) in [5, 5.41) is -0.208.